The van der Waals surface area contributed by atoms with Crippen molar-refractivity contribution in [1.29, 1.82) is 0 Å². The minimum Gasteiger partial charge on any atom is -0.507 e. The van der Waals surface area contributed by atoms with Crippen molar-refractivity contribution in [3.05, 3.63) is 126 Å². The van der Waals surface area contributed by atoms with Gasteiger partial charge in [-0.1, -0.05) is 135 Å². The smallest absolute Gasteiger partial charge is 0.144 e. The molecule has 0 saturated heterocycles. The fourth-order valence-corrected chi connectivity index (χ4v) is 7.46. The Morgan fingerprint density at radius 2 is 1.20 bits per heavy atom. The van der Waals surface area contributed by atoms with Gasteiger partial charge in [0.1, 0.15) is 11.6 Å². The minimum atomic E-state index is -0.0923. The van der Waals surface area contributed by atoms with Crippen molar-refractivity contribution in [2.75, 3.05) is 0 Å². The fraction of sp³-hybridized carbons (Fsp3) is 0.320. The van der Waals surface area contributed by atoms with Crippen molar-refractivity contribution in [1.82, 2.24) is 14.5 Å². The molecule has 0 unspecified atom stereocenters. The van der Waals surface area contributed by atoms with Crippen molar-refractivity contribution in [2.45, 2.75) is 105 Å². The van der Waals surface area contributed by atoms with Gasteiger partial charge in [0.15, 0.2) is 0 Å². The number of rotatable bonds is 5. The van der Waals surface area contributed by atoms with Gasteiger partial charge in [-0.25, -0.2) is 4.98 Å². The summed E-state index contributed by atoms with van der Waals surface area (Å²) in [5.74, 6) is 0.980. The van der Waals surface area contributed by atoms with Gasteiger partial charge in [-0.3, -0.25) is 4.98 Å². The van der Waals surface area contributed by atoms with Crippen LogP contribution in [0.2, 0.25) is 0 Å². The average molecular weight is 908 g/mol. The molecule has 1 N–H and O–H groups in total. The zero-order chi connectivity index (χ0) is 38.9. The van der Waals surface area contributed by atoms with Gasteiger partial charge in [-0.15, -0.1) is 34.9 Å². The number of nitrogens with zero attached hydrogens (tertiary/aromatic N) is 3. The van der Waals surface area contributed by atoms with E-state index in [1.54, 1.807) is 0 Å². The number of phenolic OH excluding ortho intramolecular Hbond substituents is 1. The first-order chi connectivity index (χ1) is 25.3. The van der Waals surface area contributed by atoms with Crippen LogP contribution in [0, 0.1) is 13.0 Å². The maximum absolute atomic E-state index is 11.4. The van der Waals surface area contributed by atoms with Crippen molar-refractivity contribution in [3.63, 3.8) is 0 Å². The number of aromatic nitrogens is 3. The Hall–Kier alpha value is -4.53. The van der Waals surface area contributed by atoms with Gasteiger partial charge in [0.05, 0.1) is 16.6 Å². The van der Waals surface area contributed by atoms with Crippen molar-refractivity contribution in [3.8, 4) is 50.5 Å². The van der Waals surface area contributed by atoms with E-state index in [2.05, 4.69) is 167 Å². The monoisotopic (exact) mass is 907 g/mol. The molecular formula is C50H54N3OPt-. The van der Waals surface area contributed by atoms with Crippen LogP contribution >= 0.6 is 0 Å². The van der Waals surface area contributed by atoms with Crippen LogP contribution in [0.5, 0.6) is 5.75 Å². The molecule has 0 spiro atoms. The predicted octanol–water partition coefficient (Wildman–Crippen LogP) is 13.5. The Labute approximate surface area is 342 Å². The molecule has 5 heteroatoms. The summed E-state index contributed by atoms with van der Waals surface area (Å²) in [6, 6.07) is 36.6. The molecule has 0 saturated carbocycles. The molecule has 7 rings (SSSR count). The summed E-state index contributed by atoms with van der Waals surface area (Å²) in [5.41, 5.74) is 14.7. The average Bonchev–Trinajstić information content (AvgIpc) is 3.49. The van der Waals surface area contributed by atoms with E-state index >= 15 is 0 Å². The van der Waals surface area contributed by atoms with E-state index in [1.807, 2.05) is 24.4 Å². The van der Waals surface area contributed by atoms with Gasteiger partial charge in [0.25, 0.3) is 0 Å². The zero-order valence-corrected chi connectivity index (χ0v) is 36.7. The van der Waals surface area contributed by atoms with Crippen LogP contribution in [0.15, 0.2) is 97.2 Å². The van der Waals surface area contributed by atoms with Gasteiger partial charge < -0.3 is 9.67 Å². The topological polar surface area (TPSA) is 50.9 Å². The molecule has 5 aromatic carbocycles. The third-order valence-corrected chi connectivity index (χ3v) is 10.7. The van der Waals surface area contributed by atoms with Crippen molar-refractivity contribution in [2.24, 2.45) is 0 Å². The number of pyridine rings is 1. The number of benzene rings is 5. The Morgan fingerprint density at radius 1 is 0.618 bits per heavy atom. The summed E-state index contributed by atoms with van der Waals surface area (Å²) in [7, 11) is 0. The number of aromatic hydroxyl groups is 1. The van der Waals surface area contributed by atoms with Gasteiger partial charge in [0, 0.05) is 38.8 Å². The van der Waals surface area contributed by atoms with E-state index in [-0.39, 0.29) is 49.1 Å². The van der Waals surface area contributed by atoms with Crippen molar-refractivity contribution < 1.29 is 26.2 Å². The maximum Gasteiger partial charge on any atom is 0.144 e. The SMILES string of the molecule is Cc1cc(-c2cc(C(C)(C)C)cc3cccnc23)[c-]c(-c2cc(-c3ccc(C(C)(C)C)cc3)cc3c2nc(-c2cc(C(C)(C)C)ccc2O)n3C(C)C)c1.[Pt]. The molecule has 0 bridgehead atoms. The number of hydrogen-bond donors (Lipinski definition) is 1. The number of phenols is 1. The summed E-state index contributed by atoms with van der Waals surface area (Å²) >= 11 is 0. The molecule has 0 aliphatic heterocycles. The second-order valence-corrected chi connectivity index (χ2v) is 18.4. The fourth-order valence-electron chi connectivity index (χ4n) is 7.46. The normalized spacial score (nSPS) is 12.5. The Balaban J connectivity index is 0.00000514. The van der Waals surface area contributed by atoms with Crippen LogP contribution in [-0.4, -0.2) is 19.6 Å². The van der Waals surface area contributed by atoms with Gasteiger partial charge in [0.2, 0.25) is 0 Å². The van der Waals surface area contributed by atoms with Crippen LogP contribution in [0.25, 0.3) is 66.7 Å². The summed E-state index contributed by atoms with van der Waals surface area (Å²) in [5, 5.41) is 12.5. The summed E-state index contributed by atoms with van der Waals surface area (Å²) < 4.78 is 2.29. The molecule has 0 atom stereocenters. The van der Waals surface area contributed by atoms with E-state index in [4.69, 9.17) is 9.97 Å². The van der Waals surface area contributed by atoms with Crippen LogP contribution in [0.3, 0.4) is 0 Å². The first-order valence-electron chi connectivity index (χ1n) is 19.2. The van der Waals surface area contributed by atoms with E-state index in [9.17, 15) is 5.11 Å². The Morgan fingerprint density at radius 3 is 1.80 bits per heavy atom. The minimum absolute atomic E-state index is 0. The molecule has 2 aromatic heterocycles. The number of aryl methyl sites for hydroxylation is 1. The first kappa shape index (κ1) is 40.1. The molecule has 0 aliphatic carbocycles. The van der Waals surface area contributed by atoms with E-state index in [1.165, 1.54) is 11.1 Å². The quantitative estimate of drug-likeness (QED) is 0.175. The Bertz CT molecular complexity index is 2540. The standard InChI is InChI=1S/C50H54N3O.Pt/c1-30(2)53-43-27-34(32-15-17-37(18-16-32)48(4,5)6)26-40(46(43)52-47(53)42-28-38(49(7,8)9)19-20-44(42)54)35-22-31(3)23-36(24-35)41-29-39(50(10,11)12)25-33-14-13-21-51-45(33)41;/h13-23,25-30,54H,1-12H3;/q-1;. The molecule has 286 valence electrons. The summed E-state index contributed by atoms with van der Waals surface area (Å²) in [6.45, 7) is 26.7. The van der Waals surface area contributed by atoms with Crippen LogP contribution in [-0.2, 0) is 37.3 Å². The third-order valence-electron chi connectivity index (χ3n) is 10.7. The van der Waals surface area contributed by atoms with Gasteiger partial charge >= 0.3 is 0 Å². The van der Waals surface area contributed by atoms with E-state index < -0.39 is 0 Å². The third kappa shape index (κ3) is 7.81. The molecule has 7 aromatic rings. The molecule has 0 radical (unpaired) electrons. The number of hydrogen-bond acceptors (Lipinski definition) is 3. The van der Waals surface area contributed by atoms with Crippen LogP contribution < -0.4 is 0 Å². The maximum atomic E-state index is 11.4. The van der Waals surface area contributed by atoms with E-state index in [0.717, 1.165) is 77.8 Å². The van der Waals surface area contributed by atoms with Crippen LogP contribution in [0.1, 0.15) is 104 Å². The molecule has 55 heavy (non-hydrogen) atoms. The second kappa shape index (κ2) is 14.5. The molecule has 0 fully saturated rings. The van der Waals surface area contributed by atoms with Crippen molar-refractivity contribution >= 4 is 21.9 Å². The molecular weight excluding hydrogens is 854 g/mol. The molecule has 4 nitrogen and oxygen atoms in total. The molecule has 0 aliphatic rings. The van der Waals surface area contributed by atoms with Crippen LogP contribution in [0.4, 0.5) is 0 Å². The van der Waals surface area contributed by atoms with Gasteiger partial charge in [-0.2, -0.15) is 0 Å². The summed E-state index contributed by atoms with van der Waals surface area (Å²) in [6.07, 6.45) is 1.88. The summed E-state index contributed by atoms with van der Waals surface area (Å²) in [4.78, 5) is 10.3. The Kier molecular flexibility index (Phi) is 10.6. The molecule has 2 heterocycles. The number of imidazole rings is 1. The number of fused-ring (bicyclic) bond motifs is 2. The largest absolute Gasteiger partial charge is 0.507 e. The van der Waals surface area contributed by atoms with E-state index in [0.29, 0.717) is 0 Å². The zero-order valence-electron chi connectivity index (χ0n) is 34.4. The first-order valence-corrected chi connectivity index (χ1v) is 19.2. The molecule has 0 amide bonds. The second-order valence-electron chi connectivity index (χ2n) is 18.4. The van der Waals surface area contributed by atoms with Gasteiger partial charge in [-0.05, 0) is 87.6 Å². The predicted molar refractivity (Wildman–Crippen MR) is 229 cm³/mol.